The lowest BCUT2D eigenvalue weighted by molar-refractivity contribution is -0.277. The van der Waals surface area contributed by atoms with E-state index in [1.54, 1.807) is 7.11 Å². The molecule has 0 aromatic carbocycles. The molecule has 3 N–H and O–H groups in total. The monoisotopic (exact) mass is 239 g/mol. The Labute approximate surface area is 81.8 Å². The van der Waals surface area contributed by atoms with Gasteiger partial charge in [0.15, 0.2) is 0 Å². The normalized spacial score (nSPS) is 11.7. The molecule has 0 aliphatic rings. The zero-order valence-corrected chi connectivity index (χ0v) is 7.65. The SMILES string of the molecule is COCCN.O=C(O)C(F)(F)C(F)(F)F. The average Bonchev–Trinajstić information content (AvgIpc) is 2.04. The third-order valence-corrected chi connectivity index (χ3v) is 0.947. The fourth-order valence-corrected chi connectivity index (χ4v) is 0.239. The van der Waals surface area contributed by atoms with E-state index in [0.29, 0.717) is 13.2 Å². The topological polar surface area (TPSA) is 72.5 Å². The molecule has 0 unspecified atom stereocenters. The van der Waals surface area contributed by atoms with Crippen molar-refractivity contribution in [2.45, 2.75) is 12.1 Å². The quantitative estimate of drug-likeness (QED) is 0.716. The van der Waals surface area contributed by atoms with Crippen molar-refractivity contribution in [1.29, 1.82) is 0 Å². The van der Waals surface area contributed by atoms with Crippen molar-refractivity contribution in [3.63, 3.8) is 0 Å². The summed E-state index contributed by atoms with van der Waals surface area (Å²) in [7, 11) is 1.63. The Bertz CT molecular complexity index is 192. The summed E-state index contributed by atoms with van der Waals surface area (Å²) in [6, 6.07) is 0. The standard InChI is InChI=1S/C3HF5O2.C3H9NO/c4-2(5,1(9)10)3(6,7)8;1-5-3-2-4/h(H,9,10);2-4H2,1H3. The predicted octanol–water partition coefficient (Wildman–Crippen LogP) is 0.860. The number of halogens is 5. The van der Waals surface area contributed by atoms with Gasteiger partial charge in [0.2, 0.25) is 0 Å². The van der Waals surface area contributed by atoms with Gasteiger partial charge in [-0.05, 0) is 0 Å². The molecule has 0 aliphatic carbocycles. The molecule has 0 saturated carbocycles. The van der Waals surface area contributed by atoms with E-state index in [9.17, 15) is 26.7 Å². The lowest BCUT2D eigenvalue weighted by Crippen LogP contribution is -2.43. The molecular formula is C6H10F5NO3. The summed E-state index contributed by atoms with van der Waals surface area (Å²) in [5.74, 6) is -8.84. The van der Waals surface area contributed by atoms with Crippen molar-refractivity contribution in [1.82, 2.24) is 0 Å². The van der Waals surface area contributed by atoms with E-state index >= 15 is 0 Å². The number of ether oxygens (including phenoxy) is 1. The molecule has 0 aliphatic heterocycles. The van der Waals surface area contributed by atoms with Gasteiger partial charge in [0.1, 0.15) is 0 Å². The van der Waals surface area contributed by atoms with Crippen molar-refractivity contribution in [2.24, 2.45) is 5.73 Å². The van der Waals surface area contributed by atoms with E-state index < -0.39 is 18.1 Å². The number of aliphatic carboxylic acids is 1. The molecule has 0 spiro atoms. The lowest BCUT2D eigenvalue weighted by atomic mass is 10.3. The highest BCUT2D eigenvalue weighted by molar-refractivity contribution is 5.76. The van der Waals surface area contributed by atoms with Gasteiger partial charge in [0.05, 0.1) is 6.61 Å². The molecule has 0 aromatic rings. The fourth-order valence-electron chi connectivity index (χ4n) is 0.239. The van der Waals surface area contributed by atoms with E-state index in [-0.39, 0.29) is 0 Å². The van der Waals surface area contributed by atoms with E-state index in [1.807, 2.05) is 0 Å². The Kier molecular flexibility index (Phi) is 7.15. The second kappa shape index (κ2) is 6.51. The van der Waals surface area contributed by atoms with Gasteiger partial charge in [-0.2, -0.15) is 22.0 Å². The van der Waals surface area contributed by atoms with Crippen LogP contribution in [0.4, 0.5) is 22.0 Å². The van der Waals surface area contributed by atoms with Crippen LogP contribution in [0.2, 0.25) is 0 Å². The van der Waals surface area contributed by atoms with Gasteiger partial charge in [-0.1, -0.05) is 0 Å². The van der Waals surface area contributed by atoms with Gasteiger partial charge in [0, 0.05) is 13.7 Å². The summed E-state index contributed by atoms with van der Waals surface area (Å²) in [6.45, 7) is 1.29. The molecule has 0 aromatic heterocycles. The van der Waals surface area contributed by atoms with Crippen LogP contribution in [0.5, 0.6) is 0 Å². The molecule has 4 nitrogen and oxygen atoms in total. The molecule has 0 fully saturated rings. The number of hydrogen-bond acceptors (Lipinski definition) is 3. The van der Waals surface area contributed by atoms with Gasteiger partial charge in [-0.3, -0.25) is 0 Å². The Morgan fingerprint density at radius 3 is 1.73 bits per heavy atom. The highest BCUT2D eigenvalue weighted by atomic mass is 19.4. The Hall–Kier alpha value is -0.960. The van der Waals surface area contributed by atoms with E-state index in [0.717, 1.165) is 0 Å². The van der Waals surface area contributed by atoms with Crippen molar-refractivity contribution in [3.05, 3.63) is 0 Å². The molecule has 15 heavy (non-hydrogen) atoms. The van der Waals surface area contributed by atoms with Gasteiger partial charge in [0.25, 0.3) is 0 Å². The first-order chi connectivity index (χ1) is 6.61. The molecule has 0 rings (SSSR count). The molecule has 0 radical (unpaired) electrons. The van der Waals surface area contributed by atoms with Crippen LogP contribution in [-0.4, -0.2) is 43.4 Å². The molecule has 0 amide bonds. The molecule has 0 heterocycles. The highest BCUT2D eigenvalue weighted by Gasteiger charge is 2.64. The van der Waals surface area contributed by atoms with Crippen LogP contribution in [-0.2, 0) is 9.53 Å². The first-order valence-corrected chi connectivity index (χ1v) is 3.48. The number of carbonyl (C=O) groups is 1. The van der Waals surface area contributed by atoms with Gasteiger partial charge >= 0.3 is 18.1 Å². The van der Waals surface area contributed by atoms with E-state index in [1.165, 1.54) is 0 Å². The number of alkyl halides is 5. The van der Waals surface area contributed by atoms with Crippen molar-refractivity contribution in [3.8, 4) is 0 Å². The number of hydrogen-bond donors (Lipinski definition) is 2. The van der Waals surface area contributed by atoms with Crippen LogP contribution < -0.4 is 5.73 Å². The Balaban J connectivity index is 0. The fraction of sp³-hybridized carbons (Fsp3) is 0.833. The van der Waals surface area contributed by atoms with Gasteiger partial charge < -0.3 is 15.6 Å². The number of rotatable bonds is 3. The third-order valence-electron chi connectivity index (χ3n) is 0.947. The summed E-state index contributed by atoms with van der Waals surface area (Å²) in [4.78, 5) is 9.20. The molecule has 9 heteroatoms. The Morgan fingerprint density at radius 1 is 1.33 bits per heavy atom. The third kappa shape index (κ3) is 6.18. The first kappa shape index (κ1) is 16.5. The first-order valence-electron chi connectivity index (χ1n) is 3.48. The molecule has 0 atom stereocenters. The van der Waals surface area contributed by atoms with Crippen molar-refractivity contribution in [2.75, 3.05) is 20.3 Å². The van der Waals surface area contributed by atoms with Crippen LogP contribution in [0.1, 0.15) is 0 Å². The Morgan fingerprint density at radius 2 is 1.73 bits per heavy atom. The largest absolute Gasteiger partial charge is 0.477 e. The zero-order chi connectivity index (χ0) is 12.7. The average molecular weight is 239 g/mol. The van der Waals surface area contributed by atoms with Gasteiger partial charge in [-0.15, -0.1) is 0 Å². The number of carboxylic acid groups (broad SMARTS) is 1. The summed E-state index contributed by atoms with van der Waals surface area (Å²) in [5, 5.41) is 7.31. The number of carboxylic acids is 1. The highest BCUT2D eigenvalue weighted by Crippen LogP contribution is 2.35. The summed E-state index contributed by atoms with van der Waals surface area (Å²) < 4.78 is 60.1. The lowest BCUT2D eigenvalue weighted by Gasteiger charge is -2.13. The summed E-state index contributed by atoms with van der Waals surface area (Å²) >= 11 is 0. The van der Waals surface area contributed by atoms with E-state index in [2.05, 4.69) is 4.74 Å². The zero-order valence-electron chi connectivity index (χ0n) is 7.65. The summed E-state index contributed by atoms with van der Waals surface area (Å²) in [5.41, 5.74) is 5.01. The van der Waals surface area contributed by atoms with Crippen LogP contribution >= 0.6 is 0 Å². The second-order valence-electron chi connectivity index (χ2n) is 2.16. The predicted molar refractivity (Wildman–Crippen MR) is 39.6 cm³/mol. The maximum atomic E-state index is 11.3. The summed E-state index contributed by atoms with van der Waals surface area (Å²) in [6.07, 6.45) is -6.02. The molecular weight excluding hydrogens is 229 g/mol. The van der Waals surface area contributed by atoms with Crippen molar-refractivity contribution < 1.29 is 36.6 Å². The van der Waals surface area contributed by atoms with Crippen LogP contribution in [0.3, 0.4) is 0 Å². The molecule has 0 saturated heterocycles. The number of methoxy groups -OCH3 is 1. The maximum Gasteiger partial charge on any atom is 0.465 e. The second-order valence-corrected chi connectivity index (χ2v) is 2.16. The van der Waals surface area contributed by atoms with E-state index in [4.69, 9.17) is 10.8 Å². The molecule has 92 valence electrons. The minimum atomic E-state index is -6.02. The minimum absolute atomic E-state index is 0.622. The molecule has 0 bridgehead atoms. The maximum absolute atomic E-state index is 11.3. The van der Waals surface area contributed by atoms with Crippen LogP contribution in [0, 0.1) is 0 Å². The van der Waals surface area contributed by atoms with Gasteiger partial charge in [-0.25, -0.2) is 4.79 Å². The minimum Gasteiger partial charge on any atom is -0.477 e. The number of nitrogens with two attached hydrogens (primary N) is 1. The van der Waals surface area contributed by atoms with Crippen LogP contribution in [0.25, 0.3) is 0 Å². The smallest absolute Gasteiger partial charge is 0.465 e. The van der Waals surface area contributed by atoms with Crippen LogP contribution in [0.15, 0.2) is 0 Å². The van der Waals surface area contributed by atoms with Crippen molar-refractivity contribution >= 4 is 5.97 Å².